The first-order valence-corrected chi connectivity index (χ1v) is 6.50. The van der Waals surface area contributed by atoms with Crippen LogP contribution in [-0.4, -0.2) is 24.6 Å². The van der Waals surface area contributed by atoms with Crippen LogP contribution in [0.1, 0.15) is 24.5 Å². The van der Waals surface area contributed by atoms with Crippen LogP contribution >= 0.6 is 0 Å². The second kappa shape index (κ2) is 4.11. The Morgan fingerprint density at radius 1 is 1.33 bits per heavy atom. The van der Waals surface area contributed by atoms with Crippen LogP contribution in [0.25, 0.3) is 16.9 Å². The summed E-state index contributed by atoms with van der Waals surface area (Å²) in [5.74, 6) is -0.241. The lowest BCUT2D eigenvalue weighted by molar-refractivity contribution is 0.635. The van der Waals surface area contributed by atoms with E-state index in [4.69, 9.17) is 0 Å². The molecule has 0 saturated heterocycles. The Bertz CT molecular complexity index is 967. The summed E-state index contributed by atoms with van der Waals surface area (Å²) in [5, 5.41) is 3.99. The van der Waals surface area contributed by atoms with Crippen LogP contribution in [-0.2, 0) is 0 Å². The maximum atomic E-state index is 13.8. The Labute approximate surface area is 116 Å². The SMILES string of the molecule is O=c1[nH]cc(-c2cc(C3CC3)n3ncc(F)c3n2)c(=O)[nH]1. The molecule has 4 rings (SSSR count). The molecule has 3 heterocycles. The van der Waals surface area contributed by atoms with Crippen molar-refractivity contribution in [3.63, 3.8) is 0 Å². The van der Waals surface area contributed by atoms with Crippen LogP contribution in [0, 0.1) is 5.82 Å². The van der Waals surface area contributed by atoms with Gasteiger partial charge in [0.05, 0.1) is 17.5 Å². The number of nitrogens with one attached hydrogen (secondary N) is 2. The van der Waals surface area contributed by atoms with Crippen LogP contribution in [0.2, 0.25) is 0 Å². The van der Waals surface area contributed by atoms with Crippen molar-refractivity contribution in [3.05, 3.63) is 50.8 Å². The molecule has 7 nitrogen and oxygen atoms in total. The minimum absolute atomic E-state index is 0.0833. The highest BCUT2D eigenvalue weighted by Crippen LogP contribution is 2.40. The minimum Gasteiger partial charge on any atom is -0.313 e. The van der Waals surface area contributed by atoms with Crippen molar-refractivity contribution in [1.29, 1.82) is 0 Å². The zero-order valence-corrected chi connectivity index (χ0v) is 10.8. The smallest absolute Gasteiger partial charge is 0.313 e. The minimum atomic E-state index is -0.595. The van der Waals surface area contributed by atoms with Crippen molar-refractivity contribution in [1.82, 2.24) is 24.6 Å². The van der Waals surface area contributed by atoms with Gasteiger partial charge in [-0.2, -0.15) is 5.10 Å². The van der Waals surface area contributed by atoms with E-state index in [-0.39, 0.29) is 11.2 Å². The molecular formula is C13H10FN5O2. The maximum absolute atomic E-state index is 13.8. The van der Waals surface area contributed by atoms with Gasteiger partial charge in [0.2, 0.25) is 0 Å². The number of hydrogen-bond acceptors (Lipinski definition) is 4. The molecule has 0 atom stereocenters. The zero-order valence-electron chi connectivity index (χ0n) is 10.8. The number of fused-ring (bicyclic) bond motifs is 1. The monoisotopic (exact) mass is 287 g/mol. The van der Waals surface area contributed by atoms with Gasteiger partial charge in [0, 0.05) is 17.8 Å². The molecule has 1 fully saturated rings. The van der Waals surface area contributed by atoms with E-state index < -0.39 is 17.1 Å². The number of rotatable bonds is 2. The third-order valence-corrected chi connectivity index (χ3v) is 3.55. The molecule has 2 N–H and O–H groups in total. The molecule has 1 aliphatic rings. The number of nitrogens with zero attached hydrogens (tertiary/aromatic N) is 3. The number of hydrogen-bond donors (Lipinski definition) is 2. The summed E-state index contributed by atoms with van der Waals surface area (Å²) in [7, 11) is 0. The van der Waals surface area contributed by atoms with E-state index in [2.05, 4.69) is 20.1 Å². The van der Waals surface area contributed by atoms with Crippen LogP contribution < -0.4 is 11.2 Å². The van der Waals surface area contributed by atoms with Gasteiger partial charge in [-0.1, -0.05) is 0 Å². The van der Waals surface area contributed by atoms with E-state index in [1.54, 1.807) is 6.07 Å². The Hall–Kier alpha value is -2.77. The van der Waals surface area contributed by atoms with Gasteiger partial charge in [-0.15, -0.1) is 0 Å². The molecule has 0 aliphatic heterocycles. The Balaban J connectivity index is 2.02. The quantitative estimate of drug-likeness (QED) is 0.728. The van der Waals surface area contributed by atoms with Gasteiger partial charge >= 0.3 is 5.69 Å². The van der Waals surface area contributed by atoms with E-state index in [9.17, 15) is 14.0 Å². The average Bonchev–Trinajstić information content (AvgIpc) is 3.23. The summed E-state index contributed by atoms with van der Waals surface area (Å²) in [4.78, 5) is 31.6. The van der Waals surface area contributed by atoms with Crippen molar-refractivity contribution >= 4 is 5.65 Å². The molecule has 0 unspecified atom stereocenters. The fraction of sp³-hybridized carbons (Fsp3) is 0.231. The van der Waals surface area contributed by atoms with Crippen molar-refractivity contribution < 1.29 is 4.39 Å². The van der Waals surface area contributed by atoms with E-state index >= 15 is 0 Å². The van der Waals surface area contributed by atoms with Crippen molar-refractivity contribution in [2.45, 2.75) is 18.8 Å². The lowest BCUT2D eigenvalue weighted by Gasteiger charge is -2.06. The van der Waals surface area contributed by atoms with Crippen LogP contribution in [0.15, 0.2) is 28.0 Å². The Morgan fingerprint density at radius 2 is 2.14 bits per heavy atom. The highest BCUT2D eigenvalue weighted by molar-refractivity contribution is 5.61. The van der Waals surface area contributed by atoms with Gasteiger partial charge < -0.3 is 4.98 Å². The molecule has 0 spiro atoms. The maximum Gasteiger partial charge on any atom is 0.325 e. The predicted octanol–water partition coefficient (Wildman–Crippen LogP) is 0.789. The first kappa shape index (κ1) is 12.0. The zero-order chi connectivity index (χ0) is 14.6. The van der Waals surface area contributed by atoms with Crippen LogP contribution in [0.5, 0.6) is 0 Å². The topological polar surface area (TPSA) is 95.9 Å². The predicted molar refractivity (Wildman–Crippen MR) is 71.6 cm³/mol. The Kier molecular flexibility index (Phi) is 2.35. The highest BCUT2D eigenvalue weighted by Gasteiger charge is 2.28. The fourth-order valence-electron chi connectivity index (χ4n) is 2.37. The Morgan fingerprint density at radius 3 is 2.86 bits per heavy atom. The molecule has 1 aliphatic carbocycles. The summed E-state index contributed by atoms with van der Waals surface area (Å²) >= 11 is 0. The second-order valence-electron chi connectivity index (χ2n) is 5.05. The number of halogens is 1. The number of aromatic amines is 2. The van der Waals surface area contributed by atoms with E-state index in [1.165, 1.54) is 10.7 Å². The number of H-pyrrole nitrogens is 2. The first-order chi connectivity index (χ1) is 10.1. The molecule has 0 radical (unpaired) electrons. The van der Waals surface area contributed by atoms with Crippen LogP contribution in [0.4, 0.5) is 4.39 Å². The molecular weight excluding hydrogens is 277 g/mol. The summed E-state index contributed by atoms with van der Waals surface area (Å²) in [6.07, 6.45) is 4.39. The molecule has 0 bridgehead atoms. The van der Waals surface area contributed by atoms with Gasteiger partial charge in [0.25, 0.3) is 5.56 Å². The molecule has 0 aromatic carbocycles. The molecule has 8 heteroatoms. The lowest BCUT2D eigenvalue weighted by Crippen LogP contribution is -2.23. The summed E-state index contributed by atoms with van der Waals surface area (Å²) in [5.41, 5.74) is 0.269. The van der Waals surface area contributed by atoms with Crippen molar-refractivity contribution in [2.24, 2.45) is 0 Å². The molecule has 21 heavy (non-hydrogen) atoms. The van der Waals surface area contributed by atoms with Gasteiger partial charge in [-0.05, 0) is 18.9 Å². The van der Waals surface area contributed by atoms with Crippen molar-refractivity contribution in [2.75, 3.05) is 0 Å². The molecule has 1 saturated carbocycles. The molecule has 3 aromatic heterocycles. The van der Waals surface area contributed by atoms with Gasteiger partial charge in [-0.3, -0.25) is 9.78 Å². The summed E-state index contributed by atoms with van der Waals surface area (Å²) in [6, 6.07) is 1.72. The van der Waals surface area contributed by atoms with E-state index in [0.29, 0.717) is 11.6 Å². The van der Waals surface area contributed by atoms with Crippen LogP contribution in [0.3, 0.4) is 0 Å². The molecule has 106 valence electrons. The van der Waals surface area contributed by atoms with Gasteiger partial charge in [0.15, 0.2) is 11.5 Å². The summed E-state index contributed by atoms with van der Waals surface area (Å²) in [6.45, 7) is 0. The highest BCUT2D eigenvalue weighted by atomic mass is 19.1. The molecule has 0 amide bonds. The van der Waals surface area contributed by atoms with E-state index in [0.717, 1.165) is 24.7 Å². The lowest BCUT2D eigenvalue weighted by atomic mass is 10.1. The fourth-order valence-corrected chi connectivity index (χ4v) is 2.37. The first-order valence-electron chi connectivity index (χ1n) is 6.50. The third kappa shape index (κ3) is 1.87. The van der Waals surface area contributed by atoms with E-state index in [1.807, 2.05) is 0 Å². The normalized spacial score (nSPS) is 14.7. The average molecular weight is 287 g/mol. The van der Waals surface area contributed by atoms with Gasteiger partial charge in [0.1, 0.15) is 0 Å². The van der Waals surface area contributed by atoms with Gasteiger partial charge in [-0.25, -0.2) is 18.7 Å². The largest absolute Gasteiger partial charge is 0.325 e. The van der Waals surface area contributed by atoms with Crippen molar-refractivity contribution in [3.8, 4) is 11.3 Å². The number of aromatic nitrogens is 5. The molecule has 3 aromatic rings. The standard InChI is InChI=1S/C13H10FN5O2/c14-8-5-16-19-10(6-1-2-6)3-9(17-11(8)19)7-4-15-13(21)18-12(7)20/h3-6H,1-2H2,(H2,15,18,20,21). The third-order valence-electron chi connectivity index (χ3n) is 3.55. The summed E-state index contributed by atoms with van der Waals surface area (Å²) < 4.78 is 15.2. The second-order valence-corrected chi connectivity index (χ2v) is 5.05.